The van der Waals surface area contributed by atoms with Crippen molar-refractivity contribution in [3.05, 3.63) is 59.7 Å². The number of nitrogens with zero attached hydrogens (tertiary/aromatic N) is 2. The first-order valence-electron chi connectivity index (χ1n) is 9.78. The molecule has 6 nitrogen and oxygen atoms in total. The monoisotopic (exact) mass is 395 g/mol. The van der Waals surface area contributed by atoms with Crippen LogP contribution in [0, 0.1) is 0 Å². The van der Waals surface area contributed by atoms with Gasteiger partial charge in [0.25, 0.3) is 5.91 Å². The first kappa shape index (κ1) is 20.9. The molecule has 29 heavy (non-hydrogen) atoms. The summed E-state index contributed by atoms with van der Waals surface area (Å²) in [6.45, 7) is 7.56. The van der Waals surface area contributed by atoms with Gasteiger partial charge in [-0.25, -0.2) is 0 Å². The number of benzene rings is 2. The summed E-state index contributed by atoms with van der Waals surface area (Å²) in [6.07, 6.45) is -0.843. The maximum absolute atomic E-state index is 13.0. The third-order valence-electron chi connectivity index (χ3n) is 5.07. The average Bonchev–Trinajstić information content (AvgIpc) is 2.66. The van der Waals surface area contributed by atoms with Crippen LogP contribution in [0.15, 0.2) is 48.5 Å². The molecule has 0 aliphatic carbocycles. The first-order valence-corrected chi connectivity index (χ1v) is 9.78. The summed E-state index contributed by atoms with van der Waals surface area (Å²) < 4.78 is 5.63. The van der Waals surface area contributed by atoms with Gasteiger partial charge in [-0.3, -0.25) is 14.5 Å². The van der Waals surface area contributed by atoms with Crippen molar-refractivity contribution in [2.45, 2.75) is 38.8 Å². The number of anilines is 1. The predicted octanol–water partition coefficient (Wildman–Crippen LogP) is 2.70. The lowest BCUT2D eigenvalue weighted by Crippen LogP contribution is -2.51. The van der Waals surface area contributed by atoms with Crippen molar-refractivity contribution in [2.24, 2.45) is 5.73 Å². The quantitative estimate of drug-likeness (QED) is 0.845. The van der Waals surface area contributed by atoms with E-state index >= 15 is 0 Å². The molecule has 0 aromatic heterocycles. The Labute approximate surface area is 172 Å². The smallest absolute Gasteiger partial charge is 0.260 e. The van der Waals surface area contributed by atoms with Gasteiger partial charge in [0, 0.05) is 6.54 Å². The van der Waals surface area contributed by atoms with Gasteiger partial charge in [-0.05, 0) is 35.7 Å². The summed E-state index contributed by atoms with van der Waals surface area (Å²) in [5.41, 5.74) is 8.62. The minimum atomic E-state index is -0.843. The summed E-state index contributed by atoms with van der Waals surface area (Å²) >= 11 is 0. The van der Waals surface area contributed by atoms with Crippen molar-refractivity contribution in [1.29, 1.82) is 0 Å². The first-order chi connectivity index (χ1) is 13.6. The van der Waals surface area contributed by atoms with E-state index in [-0.39, 0.29) is 24.4 Å². The molecule has 2 aromatic rings. The van der Waals surface area contributed by atoms with Crippen LogP contribution in [0.5, 0.6) is 5.75 Å². The lowest BCUT2D eigenvalue weighted by molar-refractivity contribution is -0.125. The van der Waals surface area contributed by atoms with E-state index < -0.39 is 12.0 Å². The minimum Gasteiger partial charge on any atom is -0.477 e. The summed E-state index contributed by atoms with van der Waals surface area (Å²) in [5, 5.41) is 0. The number of hydrogen-bond donors (Lipinski definition) is 1. The van der Waals surface area contributed by atoms with E-state index in [1.807, 2.05) is 24.1 Å². The number of fused-ring (bicyclic) bond motifs is 1. The molecule has 1 unspecified atom stereocenters. The number of amides is 2. The van der Waals surface area contributed by atoms with Gasteiger partial charge < -0.3 is 15.4 Å². The Balaban J connectivity index is 1.68. The normalized spacial score (nSPS) is 16.3. The van der Waals surface area contributed by atoms with E-state index in [9.17, 15) is 9.59 Å². The molecule has 0 saturated heterocycles. The Kier molecular flexibility index (Phi) is 5.94. The number of para-hydroxylation sites is 2. The number of primary amides is 1. The van der Waals surface area contributed by atoms with E-state index in [1.165, 1.54) is 5.56 Å². The SMILES string of the molecule is CN(CC(=O)N1CC(C(N)=O)Oc2ccccc21)Cc1ccc(C(C)(C)C)cc1. The molecule has 2 N–H and O–H groups in total. The fraction of sp³-hybridized carbons (Fsp3) is 0.391. The van der Waals surface area contributed by atoms with E-state index in [2.05, 4.69) is 45.0 Å². The van der Waals surface area contributed by atoms with Crippen LogP contribution >= 0.6 is 0 Å². The maximum Gasteiger partial charge on any atom is 0.260 e. The van der Waals surface area contributed by atoms with Crippen LogP contribution in [-0.2, 0) is 21.5 Å². The molecule has 2 aromatic carbocycles. The van der Waals surface area contributed by atoms with Crippen molar-refractivity contribution in [1.82, 2.24) is 4.90 Å². The molecule has 3 rings (SSSR count). The predicted molar refractivity (Wildman–Crippen MR) is 114 cm³/mol. The molecule has 0 saturated carbocycles. The number of nitrogens with two attached hydrogens (primary N) is 1. The van der Waals surface area contributed by atoms with Gasteiger partial charge in [-0.1, -0.05) is 57.2 Å². The number of rotatable bonds is 5. The van der Waals surface area contributed by atoms with Crippen LogP contribution in [0.3, 0.4) is 0 Å². The molecule has 0 radical (unpaired) electrons. The van der Waals surface area contributed by atoms with Crippen LogP contribution in [0.2, 0.25) is 0 Å². The summed E-state index contributed by atoms with van der Waals surface area (Å²) in [5.74, 6) is -0.179. The molecule has 0 fully saturated rings. The van der Waals surface area contributed by atoms with Crippen molar-refractivity contribution < 1.29 is 14.3 Å². The molecule has 1 heterocycles. The van der Waals surface area contributed by atoms with Crippen LogP contribution < -0.4 is 15.4 Å². The Morgan fingerprint density at radius 3 is 2.41 bits per heavy atom. The third-order valence-corrected chi connectivity index (χ3v) is 5.07. The zero-order valence-corrected chi connectivity index (χ0v) is 17.5. The Hall–Kier alpha value is -2.86. The van der Waals surface area contributed by atoms with Gasteiger partial charge in [0.2, 0.25) is 5.91 Å². The second-order valence-corrected chi connectivity index (χ2v) is 8.60. The Bertz CT molecular complexity index is 887. The molecular weight excluding hydrogens is 366 g/mol. The number of carbonyl (C=O) groups is 2. The van der Waals surface area contributed by atoms with Crippen LogP contribution in [-0.4, -0.2) is 43.0 Å². The number of likely N-dealkylation sites (N-methyl/N-ethyl adjacent to an activating group) is 1. The van der Waals surface area contributed by atoms with Gasteiger partial charge in [-0.2, -0.15) is 0 Å². The molecule has 2 amide bonds. The fourth-order valence-corrected chi connectivity index (χ4v) is 3.41. The van der Waals surface area contributed by atoms with Crippen molar-refractivity contribution in [3.8, 4) is 5.75 Å². The topological polar surface area (TPSA) is 75.9 Å². The molecule has 154 valence electrons. The van der Waals surface area contributed by atoms with E-state index in [4.69, 9.17) is 10.5 Å². The Morgan fingerprint density at radius 2 is 1.79 bits per heavy atom. The highest BCUT2D eigenvalue weighted by molar-refractivity contribution is 5.98. The van der Waals surface area contributed by atoms with Gasteiger partial charge in [0.05, 0.1) is 18.8 Å². The van der Waals surface area contributed by atoms with Gasteiger partial charge in [-0.15, -0.1) is 0 Å². The fourth-order valence-electron chi connectivity index (χ4n) is 3.41. The zero-order valence-electron chi connectivity index (χ0n) is 17.5. The van der Waals surface area contributed by atoms with Gasteiger partial charge >= 0.3 is 0 Å². The molecule has 0 spiro atoms. The van der Waals surface area contributed by atoms with Gasteiger partial charge in [0.15, 0.2) is 6.10 Å². The van der Waals surface area contributed by atoms with E-state index in [1.54, 1.807) is 17.0 Å². The van der Waals surface area contributed by atoms with Gasteiger partial charge in [0.1, 0.15) is 5.75 Å². The number of hydrogen-bond acceptors (Lipinski definition) is 4. The molecule has 1 atom stereocenters. The minimum absolute atomic E-state index is 0.0965. The number of carbonyl (C=O) groups excluding carboxylic acids is 2. The van der Waals surface area contributed by atoms with Crippen LogP contribution in [0.25, 0.3) is 0 Å². The molecule has 0 bridgehead atoms. The van der Waals surface area contributed by atoms with Crippen molar-refractivity contribution in [2.75, 3.05) is 25.0 Å². The molecular formula is C23H29N3O3. The maximum atomic E-state index is 13.0. The van der Waals surface area contributed by atoms with Crippen molar-refractivity contribution >= 4 is 17.5 Å². The second-order valence-electron chi connectivity index (χ2n) is 8.60. The van der Waals surface area contributed by atoms with E-state index in [0.717, 1.165) is 5.56 Å². The summed E-state index contributed by atoms with van der Waals surface area (Å²) in [4.78, 5) is 28.2. The summed E-state index contributed by atoms with van der Waals surface area (Å²) in [7, 11) is 1.91. The highest BCUT2D eigenvalue weighted by atomic mass is 16.5. The average molecular weight is 396 g/mol. The number of ether oxygens (including phenoxy) is 1. The standard InChI is InChI=1S/C23H29N3O3/c1-23(2,3)17-11-9-16(10-12-17)13-25(4)15-21(27)26-14-20(22(24)28)29-19-8-6-5-7-18(19)26/h5-12,20H,13-15H2,1-4H3,(H2,24,28). The second kappa shape index (κ2) is 8.25. The molecule has 6 heteroatoms. The lowest BCUT2D eigenvalue weighted by atomic mass is 9.87. The Morgan fingerprint density at radius 1 is 1.14 bits per heavy atom. The van der Waals surface area contributed by atoms with E-state index in [0.29, 0.717) is 18.0 Å². The lowest BCUT2D eigenvalue weighted by Gasteiger charge is -2.34. The van der Waals surface area contributed by atoms with Crippen LogP contribution in [0.1, 0.15) is 31.9 Å². The third kappa shape index (κ3) is 4.95. The summed E-state index contributed by atoms with van der Waals surface area (Å²) in [6, 6.07) is 15.7. The van der Waals surface area contributed by atoms with Crippen LogP contribution in [0.4, 0.5) is 5.69 Å². The highest BCUT2D eigenvalue weighted by Crippen LogP contribution is 2.33. The zero-order chi connectivity index (χ0) is 21.2. The highest BCUT2D eigenvalue weighted by Gasteiger charge is 2.32. The van der Waals surface area contributed by atoms with Crippen molar-refractivity contribution in [3.63, 3.8) is 0 Å². The molecule has 1 aliphatic rings. The molecule has 1 aliphatic heterocycles. The largest absolute Gasteiger partial charge is 0.477 e.